The van der Waals surface area contributed by atoms with E-state index in [0.717, 1.165) is 37.5 Å². The maximum absolute atomic E-state index is 11.5. The largest absolute Gasteiger partial charge is 0.540 e. The number of benzene rings is 6. The molecule has 0 saturated carbocycles. The molecule has 0 spiro atoms. The maximum Gasteiger partial charge on any atom is 0.540 e. The van der Waals surface area contributed by atoms with Gasteiger partial charge in [0.25, 0.3) is 0 Å². The molecule has 4 atom stereocenters. The van der Waals surface area contributed by atoms with Crippen LogP contribution in [0.3, 0.4) is 0 Å². The van der Waals surface area contributed by atoms with Gasteiger partial charge in [0.05, 0.1) is 34.0 Å². The van der Waals surface area contributed by atoms with E-state index in [1.54, 1.807) is 79.8 Å². The molecule has 0 heterocycles. The minimum absolute atomic E-state index is 0.0180. The van der Waals surface area contributed by atoms with Gasteiger partial charge in [0.2, 0.25) is 19.8 Å². The lowest BCUT2D eigenvalue weighted by Gasteiger charge is -2.28. The fourth-order valence-electron chi connectivity index (χ4n) is 6.87. The zero-order valence-electron chi connectivity index (χ0n) is 40.0. The number of hydrogen-bond donors (Lipinski definition) is 4. The predicted molar refractivity (Wildman–Crippen MR) is 305 cm³/mol. The van der Waals surface area contributed by atoms with Crippen LogP contribution in [0.1, 0.15) is 16.7 Å². The van der Waals surface area contributed by atoms with Crippen molar-refractivity contribution in [2.45, 2.75) is 6.42 Å². The monoisotopic (exact) mass is 1170 g/mol. The fraction of sp³-hybridized carbons (Fsp3) is 0.156. The second-order valence-electron chi connectivity index (χ2n) is 15.7. The summed E-state index contributed by atoms with van der Waals surface area (Å²) in [5, 5.41) is 15.2. The highest BCUT2D eigenvalue weighted by molar-refractivity contribution is 8.50. The molecule has 6 aromatic rings. The van der Waals surface area contributed by atoms with Crippen molar-refractivity contribution in [3.05, 3.63) is 195 Å². The maximum atomic E-state index is 11.5. The van der Waals surface area contributed by atoms with Crippen LogP contribution < -0.4 is 34.5 Å². The molecule has 0 aromatic heterocycles. The van der Waals surface area contributed by atoms with Crippen molar-refractivity contribution in [3.63, 3.8) is 0 Å². The number of rotatable bonds is 27. The third-order valence-electron chi connectivity index (χ3n) is 10.2. The Morgan fingerprint density at radius 2 is 1.19 bits per heavy atom. The van der Waals surface area contributed by atoms with E-state index in [0.29, 0.717) is 23.0 Å². The smallest absolute Gasteiger partial charge is 0.471 e. The third-order valence-corrected chi connectivity index (χ3v) is 23.3. The lowest BCUT2D eigenvalue weighted by molar-refractivity contribution is 0.279. The Bertz CT molecular complexity index is 3090. The molecular formula is C45H50N12O10P7S+. The van der Waals surface area contributed by atoms with Crippen LogP contribution in [0.25, 0.3) is 20.9 Å². The Morgan fingerprint density at radius 1 is 0.680 bits per heavy atom. The van der Waals surface area contributed by atoms with E-state index in [-0.39, 0.29) is 19.7 Å². The number of azide groups is 2. The first kappa shape index (κ1) is 58.6. The molecule has 6 aromatic carbocycles. The summed E-state index contributed by atoms with van der Waals surface area (Å²) < 4.78 is 50.4. The van der Waals surface area contributed by atoms with Crippen molar-refractivity contribution in [1.29, 1.82) is 0 Å². The number of ether oxygens (including phenoxy) is 1. The van der Waals surface area contributed by atoms with Gasteiger partial charge in [0, 0.05) is 39.3 Å². The predicted octanol–water partition coefficient (Wildman–Crippen LogP) is 11.1. The van der Waals surface area contributed by atoms with Crippen molar-refractivity contribution in [2.75, 3.05) is 39.9 Å². The molecular weight excluding hydrogens is 1120 g/mol. The minimum Gasteiger partial charge on any atom is -0.471 e. The molecule has 75 heavy (non-hydrogen) atoms. The van der Waals surface area contributed by atoms with Crippen molar-refractivity contribution in [1.82, 2.24) is 14.5 Å². The summed E-state index contributed by atoms with van der Waals surface area (Å²) >= 11 is 5.60. The highest BCUT2D eigenvalue weighted by Gasteiger charge is 2.30. The molecule has 4 N–H and O–H groups in total. The van der Waals surface area contributed by atoms with E-state index in [2.05, 4.69) is 63.4 Å². The third kappa shape index (κ3) is 18.6. The minimum atomic E-state index is -4.53. The van der Waals surface area contributed by atoms with Gasteiger partial charge < -0.3 is 33.7 Å². The van der Waals surface area contributed by atoms with Crippen molar-refractivity contribution < 1.29 is 47.3 Å². The van der Waals surface area contributed by atoms with Crippen LogP contribution in [0.5, 0.6) is 23.0 Å². The summed E-state index contributed by atoms with van der Waals surface area (Å²) in [5.74, 6) is 1.97. The number of hydrazone groups is 2. The van der Waals surface area contributed by atoms with Crippen LogP contribution >= 0.6 is 53.7 Å². The molecule has 0 aliphatic carbocycles. The van der Waals surface area contributed by atoms with E-state index in [1.807, 2.05) is 84.9 Å². The van der Waals surface area contributed by atoms with Gasteiger partial charge in [-0.2, -0.15) is 5.10 Å². The molecule has 22 nitrogen and oxygen atoms in total. The van der Waals surface area contributed by atoms with Crippen molar-refractivity contribution in [2.24, 2.45) is 25.1 Å². The molecule has 0 amide bonds. The van der Waals surface area contributed by atoms with Crippen LogP contribution in [0.4, 0.5) is 0 Å². The number of hydrogen-bond acceptors (Lipinski definition) is 14. The summed E-state index contributed by atoms with van der Waals surface area (Å²) in [6.45, 7) is 0.0431. The molecule has 0 aliphatic heterocycles. The van der Waals surface area contributed by atoms with Crippen LogP contribution in [-0.4, -0.2) is 86.4 Å². The van der Waals surface area contributed by atoms with Crippen LogP contribution in [-0.2, 0) is 27.4 Å². The van der Waals surface area contributed by atoms with Gasteiger partial charge in [-0.15, -0.1) is 5.10 Å². The first-order valence-electron chi connectivity index (χ1n) is 22.0. The van der Waals surface area contributed by atoms with Gasteiger partial charge in [0.1, 0.15) is 35.1 Å². The lowest BCUT2D eigenvalue weighted by atomic mass is 10.1. The molecule has 0 radical (unpaired) electrons. The molecule has 390 valence electrons. The molecule has 0 bridgehead atoms. The second kappa shape index (κ2) is 28.5. The topological polar surface area (TPSA) is 296 Å². The Morgan fingerprint density at radius 3 is 1.72 bits per heavy atom. The Kier molecular flexibility index (Phi) is 22.3. The first-order chi connectivity index (χ1) is 35.9. The molecule has 6 rings (SSSR count). The van der Waals surface area contributed by atoms with Gasteiger partial charge in [0.15, 0.2) is 12.5 Å². The van der Waals surface area contributed by atoms with Gasteiger partial charge >= 0.3 is 22.3 Å². The summed E-state index contributed by atoms with van der Waals surface area (Å²) in [6, 6.07) is 49.0. The average Bonchev–Trinajstić information content (AvgIpc) is 3.39. The zero-order valence-corrected chi connectivity index (χ0v) is 47.3. The number of nitrogens with zero attached hydrogens (tertiary/aromatic N) is 12. The summed E-state index contributed by atoms with van der Waals surface area (Å²) in [4.78, 5) is 52.9. The summed E-state index contributed by atoms with van der Waals surface area (Å²) in [6.07, 6.45) is 2.01. The quantitative estimate of drug-likeness (QED) is 0.00931. The van der Waals surface area contributed by atoms with E-state index >= 15 is 0 Å². The molecule has 0 fully saturated rings. The van der Waals surface area contributed by atoms with Crippen LogP contribution in [0.15, 0.2) is 183 Å². The highest BCUT2D eigenvalue weighted by atomic mass is 32.4. The second-order valence-corrected chi connectivity index (χ2v) is 31.3. The Balaban J connectivity index is 1.13. The van der Waals surface area contributed by atoms with E-state index in [1.165, 1.54) is 4.78 Å². The van der Waals surface area contributed by atoms with Gasteiger partial charge in [-0.3, -0.25) is 23.3 Å². The van der Waals surface area contributed by atoms with Crippen LogP contribution in [0, 0.1) is 0 Å². The normalized spacial score (nSPS) is 12.8. The zero-order chi connectivity index (χ0) is 53.9. The summed E-state index contributed by atoms with van der Waals surface area (Å²) in [5.41, 5.74) is 20.1. The molecule has 0 aliphatic rings. The Hall–Kier alpha value is -5.62. The first-order valence-corrected chi connectivity index (χ1v) is 34.4. The van der Waals surface area contributed by atoms with E-state index in [4.69, 9.17) is 40.7 Å². The van der Waals surface area contributed by atoms with Crippen molar-refractivity contribution in [3.8, 4) is 23.0 Å². The summed E-state index contributed by atoms with van der Waals surface area (Å²) in [7, 11) is -10.4. The average molecular weight is 1170 g/mol. The fourth-order valence-corrected chi connectivity index (χ4v) is 17.7. The van der Waals surface area contributed by atoms with Gasteiger partial charge in [-0.05, 0) is 119 Å². The SMILES string of the molecule is CN(N=Cc1ccc(ON=[N+]=[N-])cc1)P(Oc1ccc(P(=NCOc2ccc(C=NN(C)[P+](=S)Oc3ccc(CCN(CP(=O)(O)O)CP(=O)(O)O)cc3)cc2)(c2ccccc2)c2ccccc2)cc1)P(P)N=[N+]=[N-]. The molecule has 0 saturated heterocycles. The van der Waals surface area contributed by atoms with Crippen molar-refractivity contribution >= 4 is 93.8 Å². The van der Waals surface area contributed by atoms with Gasteiger partial charge in [-0.1, -0.05) is 91.4 Å². The van der Waals surface area contributed by atoms with Gasteiger partial charge in [-0.25, -0.2) is 4.78 Å². The highest BCUT2D eigenvalue weighted by Crippen LogP contribution is 2.76. The molecule has 4 unspecified atom stereocenters. The standard InChI is InChI=1S/C45H49N12O10P7S/c1-55(48-31-38-17-21-40(22-18-38)65-53-51-46)70(69(68)54-52-47)66-41-25-27-45(28-26-41)74(43-9-5-3-6-10-43,44-11-7-4-8-12-44)50-33-64-39-19-15-37(16-20-39)32-49-56(2)71(75)67-42-23-13-36(14-24-42)29-30-57(34-72(58,59)60)35-73(61,62)63/h3-28,31-32H,29-30,33-35,68H2,1-2H3,(H3-,58,59,60,61,62,63)/p+1. The van der Waals surface area contributed by atoms with E-state index < -0.39 is 57.3 Å². The van der Waals surface area contributed by atoms with E-state index in [9.17, 15) is 34.2 Å². The lowest BCUT2D eigenvalue weighted by Crippen LogP contribution is -2.28. The molecule has 30 heteroatoms. The Labute approximate surface area is 443 Å². The van der Waals surface area contributed by atoms with Crippen LogP contribution in [0.2, 0.25) is 0 Å².